The Bertz CT molecular complexity index is 611. The van der Waals surface area contributed by atoms with Crippen LogP contribution in [0.3, 0.4) is 0 Å². The van der Waals surface area contributed by atoms with Crippen LogP contribution >= 0.6 is 11.6 Å². The van der Waals surface area contributed by atoms with Crippen molar-refractivity contribution in [2.45, 2.75) is 0 Å². The lowest BCUT2D eigenvalue weighted by atomic mass is 10.1. The summed E-state index contributed by atoms with van der Waals surface area (Å²) in [6, 6.07) is 3.04. The van der Waals surface area contributed by atoms with Crippen molar-refractivity contribution >= 4 is 17.5 Å². The van der Waals surface area contributed by atoms with Crippen molar-refractivity contribution in [1.29, 1.82) is 0 Å². The highest BCUT2D eigenvalue weighted by atomic mass is 35.5. The van der Waals surface area contributed by atoms with Crippen molar-refractivity contribution in [2.75, 3.05) is 7.11 Å². The Balaban J connectivity index is 2.62. The Morgan fingerprint density at radius 2 is 2.22 bits per heavy atom. The maximum Gasteiger partial charge on any atom is 0.271 e. The number of methoxy groups -OCH3 is 1. The van der Waals surface area contributed by atoms with Crippen LogP contribution in [0.5, 0.6) is 11.5 Å². The second-order valence-electron chi connectivity index (χ2n) is 3.36. The molecule has 1 aromatic heterocycles. The van der Waals surface area contributed by atoms with Gasteiger partial charge in [-0.1, -0.05) is 11.6 Å². The first-order valence-corrected chi connectivity index (χ1v) is 5.20. The van der Waals surface area contributed by atoms with Gasteiger partial charge in [-0.05, 0) is 12.1 Å². The highest BCUT2D eigenvalue weighted by Gasteiger charge is 2.20. The molecule has 0 saturated heterocycles. The summed E-state index contributed by atoms with van der Waals surface area (Å²) in [4.78, 5) is 11.1. The van der Waals surface area contributed by atoms with Gasteiger partial charge >= 0.3 is 0 Å². The van der Waals surface area contributed by atoms with E-state index >= 15 is 0 Å². The Kier molecular flexibility index (Phi) is 3.07. The van der Waals surface area contributed by atoms with Gasteiger partial charge in [0.05, 0.1) is 12.1 Å². The smallest absolute Gasteiger partial charge is 0.271 e. The van der Waals surface area contributed by atoms with Crippen LogP contribution < -0.4 is 10.5 Å². The number of phenols is 1. The summed E-state index contributed by atoms with van der Waals surface area (Å²) in [6.45, 7) is 0. The fourth-order valence-corrected chi connectivity index (χ4v) is 1.73. The van der Waals surface area contributed by atoms with Crippen LogP contribution in [0.1, 0.15) is 10.5 Å². The van der Waals surface area contributed by atoms with E-state index in [1.165, 1.54) is 13.2 Å². The number of carbonyl (C=O) groups excluding carboxylic acids is 1. The van der Waals surface area contributed by atoms with Crippen LogP contribution in [0.4, 0.5) is 0 Å². The molecule has 0 unspecified atom stereocenters. The van der Waals surface area contributed by atoms with Crippen LogP contribution in [-0.2, 0) is 0 Å². The number of amides is 1. The third-order valence-corrected chi connectivity index (χ3v) is 2.72. The number of rotatable bonds is 3. The van der Waals surface area contributed by atoms with E-state index in [1.807, 2.05) is 0 Å². The predicted octanol–water partition coefficient (Wildman–Crippen LogP) is 0.938. The summed E-state index contributed by atoms with van der Waals surface area (Å²) in [7, 11) is 1.40. The van der Waals surface area contributed by atoms with E-state index in [1.54, 1.807) is 6.07 Å². The number of aromatic amines is 1. The minimum absolute atomic E-state index is 0.00532. The summed E-state index contributed by atoms with van der Waals surface area (Å²) < 4.78 is 4.91. The van der Waals surface area contributed by atoms with Gasteiger partial charge in [0.25, 0.3) is 5.91 Å². The molecule has 1 amide bonds. The van der Waals surface area contributed by atoms with Gasteiger partial charge in [-0.2, -0.15) is 15.4 Å². The van der Waals surface area contributed by atoms with Crippen molar-refractivity contribution < 1.29 is 14.6 Å². The zero-order valence-electron chi connectivity index (χ0n) is 9.27. The molecule has 0 aliphatic heterocycles. The number of H-pyrrole nitrogens is 1. The second kappa shape index (κ2) is 4.53. The van der Waals surface area contributed by atoms with E-state index < -0.39 is 5.91 Å². The number of benzene rings is 1. The number of nitrogens with two attached hydrogens (primary N) is 1. The van der Waals surface area contributed by atoms with Crippen molar-refractivity contribution in [2.24, 2.45) is 5.73 Å². The number of aromatic hydroxyl groups is 1. The van der Waals surface area contributed by atoms with Crippen molar-refractivity contribution in [1.82, 2.24) is 15.4 Å². The van der Waals surface area contributed by atoms with Gasteiger partial charge in [-0.25, -0.2) is 0 Å². The molecule has 0 saturated carbocycles. The average Bonchev–Trinajstić information content (AvgIpc) is 2.81. The average molecular weight is 269 g/mol. The SMILES string of the molecule is COc1ccc(-c2n[nH]nc2C(N)=O)c(Cl)c1O. The number of phenolic OH excluding ortho intramolecular Hbond substituents is 1. The summed E-state index contributed by atoms with van der Waals surface area (Å²) in [6.07, 6.45) is 0. The van der Waals surface area contributed by atoms with Crippen LogP contribution in [0.2, 0.25) is 5.02 Å². The summed E-state index contributed by atoms with van der Waals surface area (Å²) in [5, 5.41) is 19.5. The van der Waals surface area contributed by atoms with Crippen LogP contribution in [0.15, 0.2) is 12.1 Å². The van der Waals surface area contributed by atoms with Gasteiger partial charge in [0.2, 0.25) is 0 Å². The molecule has 94 valence electrons. The molecule has 0 bridgehead atoms. The lowest BCUT2D eigenvalue weighted by Crippen LogP contribution is -2.12. The fraction of sp³-hybridized carbons (Fsp3) is 0.100. The van der Waals surface area contributed by atoms with Crippen LogP contribution in [-0.4, -0.2) is 33.5 Å². The van der Waals surface area contributed by atoms with Crippen LogP contribution in [0, 0.1) is 0 Å². The fourth-order valence-electron chi connectivity index (χ4n) is 1.48. The number of halogens is 1. The zero-order chi connectivity index (χ0) is 13.3. The minimum atomic E-state index is -0.745. The largest absolute Gasteiger partial charge is 0.503 e. The summed E-state index contributed by atoms with van der Waals surface area (Å²) in [5.41, 5.74) is 5.60. The third kappa shape index (κ3) is 1.84. The molecule has 0 radical (unpaired) electrons. The first kappa shape index (κ1) is 12.2. The second-order valence-corrected chi connectivity index (χ2v) is 3.74. The first-order valence-electron chi connectivity index (χ1n) is 4.82. The lowest BCUT2D eigenvalue weighted by molar-refractivity contribution is 0.0996. The molecule has 1 heterocycles. The minimum Gasteiger partial charge on any atom is -0.503 e. The Hall–Kier alpha value is -2.28. The lowest BCUT2D eigenvalue weighted by Gasteiger charge is -2.08. The predicted molar refractivity (Wildman–Crippen MR) is 63.6 cm³/mol. The van der Waals surface area contributed by atoms with Crippen LogP contribution in [0.25, 0.3) is 11.3 Å². The molecule has 0 spiro atoms. The van der Waals surface area contributed by atoms with E-state index in [-0.39, 0.29) is 27.9 Å². The monoisotopic (exact) mass is 268 g/mol. The van der Waals surface area contributed by atoms with E-state index in [4.69, 9.17) is 22.1 Å². The first-order chi connectivity index (χ1) is 8.56. The standard InChI is InChI=1S/C10H9ClN4O3/c1-18-5-3-2-4(6(11)9(5)16)7-8(10(12)17)14-15-13-7/h2-3,16H,1H3,(H2,12,17)(H,13,14,15). The summed E-state index contributed by atoms with van der Waals surface area (Å²) in [5.74, 6) is -0.770. The van der Waals surface area contributed by atoms with E-state index in [2.05, 4.69) is 15.4 Å². The molecule has 1 aromatic carbocycles. The molecular weight excluding hydrogens is 260 g/mol. The number of carbonyl (C=O) groups is 1. The number of aromatic nitrogens is 3. The highest BCUT2D eigenvalue weighted by Crippen LogP contribution is 2.40. The molecule has 7 nitrogen and oxygen atoms in total. The Morgan fingerprint density at radius 1 is 1.50 bits per heavy atom. The number of hydrogen-bond acceptors (Lipinski definition) is 5. The topological polar surface area (TPSA) is 114 Å². The third-order valence-electron chi connectivity index (χ3n) is 2.34. The van der Waals surface area contributed by atoms with Gasteiger partial charge in [-0.15, -0.1) is 0 Å². The van der Waals surface area contributed by atoms with E-state index in [9.17, 15) is 9.90 Å². The van der Waals surface area contributed by atoms with Crippen molar-refractivity contribution in [3.05, 3.63) is 22.8 Å². The molecule has 18 heavy (non-hydrogen) atoms. The number of nitrogens with zero attached hydrogens (tertiary/aromatic N) is 2. The van der Waals surface area contributed by atoms with Gasteiger partial charge in [0.15, 0.2) is 17.2 Å². The molecule has 0 aliphatic carbocycles. The number of primary amides is 1. The number of ether oxygens (including phenoxy) is 1. The van der Waals surface area contributed by atoms with Gasteiger partial charge < -0.3 is 15.6 Å². The van der Waals surface area contributed by atoms with E-state index in [0.29, 0.717) is 5.56 Å². The molecule has 2 rings (SSSR count). The number of nitrogens with one attached hydrogen (secondary N) is 1. The van der Waals surface area contributed by atoms with Crippen molar-refractivity contribution in [3.8, 4) is 22.8 Å². The Labute approximate surface area is 107 Å². The maximum absolute atomic E-state index is 11.1. The maximum atomic E-state index is 11.1. The molecule has 8 heteroatoms. The van der Waals surface area contributed by atoms with E-state index in [0.717, 1.165) is 0 Å². The molecule has 0 fully saturated rings. The van der Waals surface area contributed by atoms with Gasteiger partial charge in [0.1, 0.15) is 5.69 Å². The molecule has 0 aliphatic rings. The Morgan fingerprint density at radius 3 is 2.83 bits per heavy atom. The highest BCUT2D eigenvalue weighted by molar-refractivity contribution is 6.35. The number of hydrogen-bond donors (Lipinski definition) is 3. The molecular formula is C10H9ClN4O3. The van der Waals surface area contributed by atoms with Gasteiger partial charge in [-0.3, -0.25) is 4.79 Å². The van der Waals surface area contributed by atoms with Crippen molar-refractivity contribution in [3.63, 3.8) is 0 Å². The van der Waals surface area contributed by atoms with Gasteiger partial charge in [0, 0.05) is 5.56 Å². The molecule has 4 N–H and O–H groups in total. The quantitative estimate of drug-likeness (QED) is 0.766. The normalized spacial score (nSPS) is 10.3. The summed E-state index contributed by atoms with van der Waals surface area (Å²) >= 11 is 5.98. The zero-order valence-corrected chi connectivity index (χ0v) is 10.0. The molecule has 2 aromatic rings. The molecule has 0 atom stereocenters.